The zero-order valence-corrected chi connectivity index (χ0v) is 13.3. The average molecular weight is 320 g/mol. The summed E-state index contributed by atoms with van der Waals surface area (Å²) in [5.41, 5.74) is 0. The predicted molar refractivity (Wildman–Crippen MR) is 85.0 cm³/mol. The van der Waals surface area contributed by atoms with Crippen LogP contribution in [0.1, 0.15) is 18.6 Å². The zero-order chi connectivity index (χ0) is 16.1. The second-order valence-corrected chi connectivity index (χ2v) is 6.17. The highest BCUT2D eigenvalue weighted by Gasteiger charge is 2.26. The van der Waals surface area contributed by atoms with Gasteiger partial charge in [0.2, 0.25) is 5.91 Å². The first-order chi connectivity index (χ1) is 11.2. The van der Waals surface area contributed by atoms with Crippen LogP contribution in [0.3, 0.4) is 0 Å². The van der Waals surface area contributed by atoms with Gasteiger partial charge < -0.3 is 20.0 Å². The molecular weight excluding hydrogens is 296 g/mol. The van der Waals surface area contributed by atoms with Gasteiger partial charge in [-0.2, -0.15) is 0 Å². The summed E-state index contributed by atoms with van der Waals surface area (Å²) in [4.78, 5) is 27.8. The van der Waals surface area contributed by atoms with Crippen molar-refractivity contribution in [3.05, 3.63) is 24.2 Å². The lowest BCUT2D eigenvalue weighted by atomic mass is 10.3. The molecule has 2 fully saturated rings. The molecule has 1 aliphatic heterocycles. The Labute approximate surface area is 136 Å². The number of carbonyl (C=O) groups is 2. The summed E-state index contributed by atoms with van der Waals surface area (Å²) in [6.45, 7) is 3.79. The van der Waals surface area contributed by atoms with Crippen molar-refractivity contribution in [1.29, 1.82) is 0 Å². The molecule has 7 heteroatoms. The van der Waals surface area contributed by atoms with Gasteiger partial charge in [0.1, 0.15) is 5.76 Å². The lowest BCUT2D eigenvalue weighted by molar-refractivity contribution is -0.122. The van der Waals surface area contributed by atoms with Crippen molar-refractivity contribution in [3.8, 4) is 0 Å². The number of nitrogens with zero attached hydrogens (tertiary/aromatic N) is 2. The van der Waals surface area contributed by atoms with Crippen LogP contribution in [0.5, 0.6) is 0 Å². The predicted octanol–water partition coefficient (Wildman–Crippen LogP) is 0.428. The first kappa shape index (κ1) is 15.9. The van der Waals surface area contributed by atoms with Crippen molar-refractivity contribution in [2.24, 2.45) is 0 Å². The summed E-state index contributed by atoms with van der Waals surface area (Å²) < 4.78 is 5.23. The van der Waals surface area contributed by atoms with E-state index < -0.39 is 0 Å². The van der Waals surface area contributed by atoms with E-state index in [-0.39, 0.29) is 11.9 Å². The average Bonchev–Trinajstić information content (AvgIpc) is 3.20. The van der Waals surface area contributed by atoms with Crippen molar-refractivity contribution in [2.75, 3.05) is 39.3 Å². The molecule has 1 aromatic rings. The van der Waals surface area contributed by atoms with E-state index in [4.69, 9.17) is 4.42 Å². The molecule has 7 nitrogen and oxygen atoms in total. The molecule has 2 N–H and O–H groups in total. The van der Waals surface area contributed by atoms with Crippen molar-refractivity contribution >= 4 is 11.9 Å². The first-order valence-corrected chi connectivity index (χ1v) is 8.27. The third-order valence-electron chi connectivity index (χ3n) is 4.20. The van der Waals surface area contributed by atoms with Crippen LogP contribution >= 0.6 is 0 Å². The van der Waals surface area contributed by atoms with E-state index in [1.54, 1.807) is 11.2 Å². The van der Waals surface area contributed by atoms with Gasteiger partial charge in [0, 0.05) is 45.2 Å². The van der Waals surface area contributed by atoms with Crippen molar-refractivity contribution < 1.29 is 14.0 Å². The maximum absolute atomic E-state index is 12.1. The molecule has 126 valence electrons. The van der Waals surface area contributed by atoms with E-state index >= 15 is 0 Å². The van der Waals surface area contributed by atoms with Crippen LogP contribution in [0, 0.1) is 0 Å². The number of furan rings is 1. The molecule has 1 aromatic heterocycles. The van der Waals surface area contributed by atoms with Crippen LogP contribution in [-0.2, 0) is 11.2 Å². The smallest absolute Gasteiger partial charge is 0.317 e. The fraction of sp³-hybridized carbons (Fsp3) is 0.625. The van der Waals surface area contributed by atoms with Crippen molar-refractivity contribution in [3.63, 3.8) is 0 Å². The monoisotopic (exact) mass is 320 g/mol. The van der Waals surface area contributed by atoms with Crippen LogP contribution in [0.4, 0.5) is 4.79 Å². The number of carbonyl (C=O) groups excluding carboxylic acids is 2. The quantitative estimate of drug-likeness (QED) is 0.797. The van der Waals surface area contributed by atoms with E-state index in [2.05, 4.69) is 15.5 Å². The molecular formula is C16H24N4O3. The SMILES string of the molecule is O=C(CN1CCN(C(=O)NCCc2ccco2)CC1)NC1CC1. The minimum atomic E-state index is -0.0429. The lowest BCUT2D eigenvalue weighted by Gasteiger charge is -2.34. The molecule has 1 saturated carbocycles. The Kier molecular flexibility index (Phi) is 5.17. The van der Waals surface area contributed by atoms with Gasteiger partial charge in [0.25, 0.3) is 0 Å². The van der Waals surface area contributed by atoms with Crippen LogP contribution in [-0.4, -0.2) is 67.0 Å². The number of hydrogen-bond acceptors (Lipinski definition) is 4. The number of nitrogens with one attached hydrogen (secondary N) is 2. The number of rotatable bonds is 6. The Morgan fingerprint density at radius 1 is 1.22 bits per heavy atom. The maximum Gasteiger partial charge on any atom is 0.317 e. The largest absolute Gasteiger partial charge is 0.469 e. The summed E-state index contributed by atoms with van der Waals surface area (Å²) in [6, 6.07) is 4.11. The number of urea groups is 1. The zero-order valence-electron chi connectivity index (χ0n) is 13.3. The maximum atomic E-state index is 12.1. The van der Waals surface area contributed by atoms with Gasteiger partial charge in [-0.3, -0.25) is 9.69 Å². The molecule has 0 aromatic carbocycles. The molecule has 2 aliphatic rings. The van der Waals surface area contributed by atoms with Crippen LogP contribution < -0.4 is 10.6 Å². The molecule has 0 bridgehead atoms. The van der Waals surface area contributed by atoms with Gasteiger partial charge in [-0.1, -0.05) is 0 Å². The normalized spacial score (nSPS) is 18.7. The van der Waals surface area contributed by atoms with E-state index in [9.17, 15) is 9.59 Å². The second kappa shape index (κ2) is 7.50. The third kappa shape index (κ3) is 4.99. The van der Waals surface area contributed by atoms with E-state index in [0.717, 1.165) is 31.7 Å². The molecule has 1 aliphatic carbocycles. The molecule has 23 heavy (non-hydrogen) atoms. The van der Waals surface area contributed by atoms with Gasteiger partial charge in [-0.15, -0.1) is 0 Å². The highest BCUT2D eigenvalue weighted by atomic mass is 16.3. The highest BCUT2D eigenvalue weighted by Crippen LogP contribution is 2.18. The van der Waals surface area contributed by atoms with Crippen LogP contribution in [0.25, 0.3) is 0 Å². The molecule has 0 atom stereocenters. The van der Waals surface area contributed by atoms with Crippen molar-refractivity contribution in [1.82, 2.24) is 20.4 Å². The fourth-order valence-electron chi connectivity index (χ4n) is 2.67. The Morgan fingerprint density at radius 2 is 2.00 bits per heavy atom. The Morgan fingerprint density at radius 3 is 2.65 bits per heavy atom. The Hall–Kier alpha value is -2.02. The van der Waals surface area contributed by atoms with E-state index in [0.29, 0.717) is 38.6 Å². The summed E-state index contributed by atoms with van der Waals surface area (Å²) >= 11 is 0. The fourth-order valence-corrected chi connectivity index (χ4v) is 2.67. The summed E-state index contributed by atoms with van der Waals surface area (Å²) in [5, 5.41) is 5.90. The summed E-state index contributed by atoms with van der Waals surface area (Å²) in [7, 11) is 0. The van der Waals surface area contributed by atoms with Gasteiger partial charge in [-0.05, 0) is 25.0 Å². The van der Waals surface area contributed by atoms with E-state index in [1.807, 2.05) is 12.1 Å². The van der Waals surface area contributed by atoms with Crippen LogP contribution in [0.15, 0.2) is 22.8 Å². The van der Waals surface area contributed by atoms with Gasteiger partial charge in [0.15, 0.2) is 0 Å². The summed E-state index contributed by atoms with van der Waals surface area (Å²) in [5.74, 6) is 0.973. The molecule has 3 amide bonds. The lowest BCUT2D eigenvalue weighted by Crippen LogP contribution is -2.53. The topological polar surface area (TPSA) is 77.8 Å². The first-order valence-electron chi connectivity index (χ1n) is 8.27. The Balaban J connectivity index is 1.31. The Bertz CT molecular complexity index is 519. The number of piperazine rings is 1. The highest BCUT2D eigenvalue weighted by molar-refractivity contribution is 5.78. The third-order valence-corrected chi connectivity index (χ3v) is 4.20. The van der Waals surface area contributed by atoms with E-state index in [1.165, 1.54) is 0 Å². The molecule has 1 saturated heterocycles. The van der Waals surface area contributed by atoms with Gasteiger partial charge in [-0.25, -0.2) is 4.79 Å². The van der Waals surface area contributed by atoms with Crippen molar-refractivity contribution in [2.45, 2.75) is 25.3 Å². The minimum absolute atomic E-state index is 0.0429. The number of hydrogen-bond donors (Lipinski definition) is 2. The molecule has 0 unspecified atom stereocenters. The standard InChI is InChI=1S/C16H24N4O3/c21-15(18-13-3-4-13)12-19-7-9-20(10-8-19)16(22)17-6-5-14-2-1-11-23-14/h1-2,11,13H,3-10,12H2,(H,17,22)(H,18,21). The molecule has 3 rings (SSSR count). The molecule has 0 spiro atoms. The van der Waals surface area contributed by atoms with Gasteiger partial charge >= 0.3 is 6.03 Å². The van der Waals surface area contributed by atoms with Crippen LogP contribution in [0.2, 0.25) is 0 Å². The number of amides is 3. The second-order valence-electron chi connectivity index (χ2n) is 6.17. The molecule has 2 heterocycles. The van der Waals surface area contributed by atoms with Gasteiger partial charge in [0.05, 0.1) is 12.8 Å². The molecule has 0 radical (unpaired) electrons. The minimum Gasteiger partial charge on any atom is -0.469 e. The summed E-state index contributed by atoms with van der Waals surface area (Å²) in [6.07, 6.45) is 4.55.